The summed E-state index contributed by atoms with van der Waals surface area (Å²) < 4.78 is 31.3. The summed E-state index contributed by atoms with van der Waals surface area (Å²) in [6.45, 7) is 3.16. The van der Waals surface area contributed by atoms with Crippen LogP contribution in [0.3, 0.4) is 0 Å². The van der Waals surface area contributed by atoms with Gasteiger partial charge in [0.15, 0.2) is 0 Å². The number of nitrogens with zero attached hydrogens (tertiary/aromatic N) is 1. The predicted molar refractivity (Wildman–Crippen MR) is 90.4 cm³/mol. The Morgan fingerprint density at radius 1 is 1.30 bits per heavy atom. The van der Waals surface area contributed by atoms with Crippen molar-refractivity contribution in [1.29, 1.82) is 0 Å². The number of hydrogen-bond donors (Lipinski definition) is 2. The number of halogens is 2. The van der Waals surface area contributed by atoms with Crippen molar-refractivity contribution in [2.24, 2.45) is 0 Å². The molecule has 2 N–H and O–H groups in total. The lowest BCUT2D eigenvalue weighted by Crippen LogP contribution is -2.51. The zero-order valence-electron chi connectivity index (χ0n) is 15.1. The minimum Gasteiger partial charge on any atom is -0.464 e. The van der Waals surface area contributed by atoms with Crippen LogP contribution in [-0.4, -0.2) is 59.1 Å². The van der Waals surface area contributed by atoms with Crippen LogP contribution in [0.25, 0.3) is 0 Å². The highest BCUT2D eigenvalue weighted by Crippen LogP contribution is 2.20. The van der Waals surface area contributed by atoms with Crippen LogP contribution in [0.1, 0.15) is 25.8 Å². The van der Waals surface area contributed by atoms with Crippen LogP contribution < -0.4 is 5.32 Å². The molecule has 1 saturated heterocycles. The minimum absolute atomic E-state index is 0.0440. The molecular formula is C18H22F2N2O5. The van der Waals surface area contributed by atoms with Gasteiger partial charge in [-0.05, 0) is 31.5 Å². The molecule has 0 aliphatic carbocycles. The largest absolute Gasteiger partial charge is 0.464 e. The number of ether oxygens (including phenoxy) is 1. The average molecular weight is 384 g/mol. The summed E-state index contributed by atoms with van der Waals surface area (Å²) in [4.78, 5) is 37.8. The van der Waals surface area contributed by atoms with E-state index in [0.29, 0.717) is 6.07 Å². The van der Waals surface area contributed by atoms with Gasteiger partial charge in [0.1, 0.15) is 23.7 Å². The monoisotopic (exact) mass is 384 g/mol. The number of carbonyl (C=O) groups excluding carboxylic acids is 3. The van der Waals surface area contributed by atoms with Gasteiger partial charge in [-0.3, -0.25) is 9.59 Å². The highest BCUT2D eigenvalue weighted by Gasteiger charge is 2.41. The van der Waals surface area contributed by atoms with Crippen molar-refractivity contribution in [3.05, 3.63) is 35.4 Å². The maximum atomic E-state index is 13.2. The summed E-state index contributed by atoms with van der Waals surface area (Å²) >= 11 is 0. The zero-order chi connectivity index (χ0) is 20.1. The van der Waals surface area contributed by atoms with Crippen LogP contribution in [-0.2, 0) is 25.5 Å². The first kappa shape index (κ1) is 20.8. The molecule has 148 valence electrons. The van der Waals surface area contributed by atoms with Gasteiger partial charge in [0.25, 0.3) is 0 Å². The second kappa shape index (κ2) is 8.90. The van der Waals surface area contributed by atoms with Gasteiger partial charge in [0.05, 0.1) is 19.1 Å². The molecule has 2 amide bonds. The fraction of sp³-hybridized carbons (Fsp3) is 0.500. The van der Waals surface area contributed by atoms with E-state index in [-0.39, 0.29) is 31.6 Å². The van der Waals surface area contributed by atoms with E-state index in [9.17, 15) is 28.3 Å². The Balaban J connectivity index is 1.99. The highest BCUT2D eigenvalue weighted by molar-refractivity contribution is 5.91. The summed E-state index contributed by atoms with van der Waals surface area (Å²) in [7, 11) is 0. The summed E-state index contributed by atoms with van der Waals surface area (Å²) in [6.07, 6.45) is -1.11. The van der Waals surface area contributed by atoms with Crippen LogP contribution in [0.2, 0.25) is 0 Å². The van der Waals surface area contributed by atoms with E-state index < -0.39 is 47.6 Å². The fourth-order valence-corrected chi connectivity index (χ4v) is 3.02. The lowest BCUT2D eigenvalue weighted by Gasteiger charge is -2.26. The Bertz CT molecular complexity index is 707. The molecule has 2 rings (SSSR count). The van der Waals surface area contributed by atoms with Gasteiger partial charge in [-0.15, -0.1) is 0 Å². The number of amides is 2. The smallest absolute Gasteiger partial charge is 0.328 e. The Kier molecular flexibility index (Phi) is 6.84. The Labute approximate surface area is 155 Å². The number of esters is 1. The number of β-amino-alcohol motifs (C(OH)–C–C–N with tert-alkyl or cyclic N) is 1. The standard InChI is InChI=1S/C18H22F2N2O5/c1-3-27-18(26)15-8-14(23)9-22(15)17(25)10(2)21-16(24)6-11-4-12(19)7-13(20)5-11/h4-5,7,10,14-15,23H,3,6,8-9H2,1-2H3,(H,21,24)/t10-,14?,15-/m0/s1. The molecule has 1 aliphatic rings. The molecule has 1 aliphatic heterocycles. The van der Waals surface area contributed by atoms with E-state index in [0.717, 1.165) is 12.1 Å². The molecular weight excluding hydrogens is 362 g/mol. The SMILES string of the molecule is CCOC(=O)[C@@H]1CC(O)CN1C(=O)[C@H](C)NC(=O)Cc1cc(F)cc(F)c1. The lowest BCUT2D eigenvalue weighted by molar-refractivity contribution is -0.153. The average Bonchev–Trinajstić information content (AvgIpc) is 2.95. The topological polar surface area (TPSA) is 95.9 Å². The molecule has 7 nitrogen and oxygen atoms in total. The summed E-state index contributed by atoms with van der Waals surface area (Å²) in [6, 6.07) is 0.857. The number of rotatable bonds is 6. The number of aliphatic hydroxyl groups is 1. The Morgan fingerprint density at radius 3 is 2.52 bits per heavy atom. The van der Waals surface area contributed by atoms with Gasteiger partial charge in [0, 0.05) is 19.0 Å². The number of aliphatic hydroxyl groups excluding tert-OH is 1. The van der Waals surface area contributed by atoms with Crippen LogP contribution in [0, 0.1) is 11.6 Å². The van der Waals surface area contributed by atoms with Gasteiger partial charge < -0.3 is 20.1 Å². The molecule has 1 heterocycles. The van der Waals surface area contributed by atoms with E-state index in [1.807, 2.05) is 0 Å². The van der Waals surface area contributed by atoms with Crippen molar-refractivity contribution in [3.63, 3.8) is 0 Å². The molecule has 0 aromatic heterocycles. The molecule has 1 unspecified atom stereocenters. The Hall–Kier alpha value is -2.55. The molecule has 27 heavy (non-hydrogen) atoms. The third kappa shape index (κ3) is 5.46. The number of benzene rings is 1. The van der Waals surface area contributed by atoms with E-state index in [1.165, 1.54) is 11.8 Å². The first-order chi connectivity index (χ1) is 12.7. The number of nitrogens with one attached hydrogen (secondary N) is 1. The summed E-state index contributed by atoms with van der Waals surface area (Å²) in [5, 5.41) is 12.2. The third-order valence-electron chi connectivity index (χ3n) is 4.16. The molecule has 1 fully saturated rings. The third-order valence-corrected chi connectivity index (χ3v) is 4.16. The number of carbonyl (C=O) groups is 3. The molecule has 1 aromatic rings. The molecule has 0 bridgehead atoms. The maximum Gasteiger partial charge on any atom is 0.328 e. The molecule has 0 spiro atoms. The first-order valence-corrected chi connectivity index (χ1v) is 8.60. The minimum atomic E-state index is -0.988. The second-order valence-electron chi connectivity index (χ2n) is 6.39. The Morgan fingerprint density at radius 2 is 1.93 bits per heavy atom. The number of hydrogen-bond acceptors (Lipinski definition) is 5. The van der Waals surface area contributed by atoms with Crippen molar-refractivity contribution in [3.8, 4) is 0 Å². The quantitative estimate of drug-likeness (QED) is 0.698. The van der Waals surface area contributed by atoms with Gasteiger partial charge in [-0.2, -0.15) is 0 Å². The molecule has 0 radical (unpaired) electrons. The van der Waals surface area contributed by atoms with E-state index in [1.54, 1.807) is 6.92 Å². The van der Waals surface area contributed by atoms with Crippen LogP contribution in [0.5, 0.6) is 0 Å². The number of likely N-dealkylation sites (tertiary alicyclic amines) is 1. The lowest BCUT2D eigenvalue weighted by atomic mass is 10.1. The van der Waals surface area contributed by atoms with Gasteiger partial charge in [-0.25, -0.2) is 13.6 Å². The van der Waals surface area contributed by atoms with Gasteiger partial charge in [0.2, 0.25) is 11.8 Å². The molecule has 1 aromatic carbocycles. The van der Waals surface area contributed by atoms with E-state index >= 15 is 0 Å². The van der Waals surface area contributed by atoms with Crippen LogP contribution in [0.15, 0.2) is 18.2 Å². The molecule has 3 atom stereocenters. The molecule has 0 saturated carbocycles. The van der Waals surface area contributed by atoms with Gasteiger partial charge in [-0.1, -0.05) is 0 Å². The van der Waals surface area contributed by atoms with Gasteiger partial charge >= 0.3 is 5.97 Å². The van der Waals surface area contributed by atoms with Crippen molar-refractivity contribution < 1.29 is 33.0 Å². The van der Waals surface area contributed by atoms with E-state index in [2.05, 4.69) is 5.32 Å². The predicted octanol–water partition coefficient (Wildman–Crippen LogP) is 0.537. The fourth-order valence-electron chi connectivity index (χ4n) is 3.02. The van der Waals surface area contributed by atoms with Crippen LogP contribution in [0.4, 0.5) is 8.78 Å². The first-order valence-electron chi connectivity index (χ1n) is 8.60. The van der Waals surface area contributed by atoms with E-state index in [4.69, 9.17) is 4.74 Å². The van der Waals surface area contributed by atoms with Crippen molar-refractivity contribution in [2.75, 3.05) is 13.2 Å². The normalized spacial score (nSPS) is 20.3. The molecule has 9 heteroatoms. The zero-order valence-corrected chi connectivity index (χ0v) is 15.1. The maximum absolute atomic E-state index is 13.2. The second-order valence-corrected chi connectivity index (χ2v) is 6.39. The van der Waals surface area contributed by atoms with Crippen molar-refractivity contribution in [2.45, 2.75) is 44.9 Å². The summed E-state index contributed by atoms with van der Waals surface area (Å²) in [5.41, 5.74) is 0.130. The highest BCUT2D eigenvalue weighted by atomic mass is 19.1. The van der Waals surface area contributed by atoms with Crippen molar-refractivity contribution in [1.82, 2.24) is 10.2 Å². The summed E-state index contributed by atoms with van der Waals surface area (Å²) in [5.74, 6) is -3.37. The van der Waals surface area contributed by atoms with Crippen LogP contribution >= 0.6 is 0 Å². The van der Waals surface area contributed by atoms with Crippen molar-refractivity contribution >= 4 is 17.8 Å².